The second-order valence-electron chi connectivity index (χ2n) is 8.37. The van der Waals surface area contributed by atoms with E-state index in [0.717, 1.165) is 6.92 Å². The molecule has 1 saturated heterocycles. The molecule has 4 unspecified atom stereocenters. The van der Waals surface area contributed by atoms with Gasteiger partial charge in [0.15, 0.2) is 5.79 Å². The molecule has 1 fully saturated rings. The Bertz CT molecular complexity index is 997. The van der Waals surface area contributed by atoms with Crippen molar-refractivity contribution in [1.82, 2.24) is 0 Å². The van der Waals surface area contributed by atoms with E-state index in [1.807, 2.05) is 6.92 Å². The van der Waals surface area contributed by atoms with Crippen LogP contribution < -0.4 is 0 Å². The SMILES string of the molecule is CCCCOC[C@H]1OC(C)(O)[C@@H](OP(=O)(O)CC(=O)O)[C@H](OP(=O)(O)CC(=O)O)[C@@H]1OP(=O)(O)CC(=O)O. The third kappa shape index (κ3) is 11.9. The zero-order valence-corrected chi connectivity index (χ0v) is 22.9. The lowest BCUT2D eigenvalue weighted by Gasteiger charge is -2.49. The monoisotopic (exact) mass is 616 g/mol. The second-order valence-corrected chi connectivity index (χ2v) is 13.8. The van der Waals surface area contributed by atoms with E-state index >= 15 is 0 Å². The van der Waals surface area contributed by atoms with E-state index in [9.17, 15) is 47.9 Å². The number of carboxylic acid groups (broad SMARTS) is 3. The molecule has 0 aromatic carbocycles. The van der Waals surface area contributed by atoms with Crippen LogP contribution in [-0.4, -0.2) is 115 Å². The van der Waals surface area contributed by atoms with Crippen molar-refractivity contribution in [3.05, 3.63) is 0 Å². The first-order chi connectivity index (χ1) is 17.2. The van der Waals surface area contributed by atoms with Gasteiger partial charge >= 0.3 is 40.7 Å². The molecule has 7 N–H and O–H groups in total. The molecule has 0 aromatic rings. The first kappa shape index (κ1) is 34.8. The summed E-state index contributed by atoms with van der Waals surface area (Å²) in [6.07, 6.45) is -12.0. The summed E-state index contributed by atoms with van der Waals surface area (Å²) < 4.78 is 62.9. The molecule has 38 heavy (non-hydrogen) atoms. The molecule has 222 valence electrons. The van der Waals surface area contributed by atoms with Crippen molar-refractivity contribution in [2.24, 2.45) is 0 Å². The summed E-state index contributed by atoms with van der Waals surface area (Å²) in [6.45, 7) is 2.15. The highest BCUT2D eigenvalue weighted by molar-refractivity contribution is 7.54. The molecule has 18 nitrogen and oxygen atoms in total. The average Bonchev–Trinajstić information content (AvgIpc) is 2.67. The Morgan fingerprint density at radius 3 is 1.66 bits per heavy atom. The summed E-state index contributed by atoms with van der Waals surface area (Å²) in [5.74, 6) is -8.25. The van der Waals surface area contributed by atoms with Crippen molar-refractivity contribution in [2.75, 3.05) is 31.7 Å². The number of carbonyl (C=O) groups is 3. The molecular weight excluding hydrogens is 585 g/mol. The van der Waals surface area contributed by atoms with Gasteiger partial charge in [0.1, 0.15) is 42.9 Å². The maximum atomic E-state index is 12.5. The van der Waals surface area contributed by atoms with Crippen LogP contribution in [-0.2, 0) is 51.1 Å². The summed E-state index contributed by atoms with van der Waals surface area (Å²) in [5, 5.41) is 37.6. The smallest absolute Gasteiger partial charge is 0.339 e. The summed E-state index contributed by atoms with van der Waals surface area (Å²) in [6, 6.07) is 0. The van der Waals surface area contributed by atoms with Gasteiger partial charge in [0, 0.05) is 6.61 Å². The fraction of sp³-hybridized carbons (Fsp3) is 0.824. The topological polar surface area (TPSA) is 290 Å². The average molecular weight is 616 g/mol. The van der Waals surface area contributed by atoms with Crippen molar-refractivity contribution >= 4 is 40.7 Å². The highest BCUT2D eigenvalue weighted by atomic mass is 31.2. The Hall–Kier alpha value is -1.26. The van der Waals surface area contributed by atoms with Crippen LogP contribution in [0.25, 0.3) is 0 Å². The Kier molecular flexibility index (Phi) is 12.7. The van der Waals surface area contributed by atoms with E-state index in [0.29, 0.717) is 12.8 Å². The number of hydrogen-bond acceptors (Lipinski definition) is 12. The molecular formula is C17H31O18P3. The minimum atomic E-state index is -5.24. The molecule has 1 rings (SSSR count). The number of ether oxygens (including phenoxy) is 2. The van der Waals surface area contributed by atoms with Crippen molar-refractivity contribution in [3.63, 3.8) is 0 Å². The zero-order chi connectivity index (χ0) is 29.5. The lowest BCUT2D eigenvalue weighted by atomic mass is 9.93. The van der Waals surface area contributed by atoms with Gasteiger partial charge in [0.25, 0.3) is 0 Å². The van der Waals surface area contributed by atoms with Crippen LogP contribution in [0.15, 0.2) is 0 Å². The van der Waals surface area contributed by atoms with Crippen LogP contribution in [0.3, 0.4) is 0 Å². The Balaban J connectivity index is 3.63. The number of rotatable bonds is 17. The number of carboxylic acids is 3. The van der Waals surface area contributed by atoms with Crippen LogP contribution >= 0.6 is 22.8 Å². The Labute approximate surface area is 216 Å². The largest absolute Gasteiger partial charge is 0.481 e. The van der Waals surface area contributed by atoms with Crippen molar-refractivity contribution in [2.45, 2.75) is 56.9 Å². The van der Waals surface area contributed by atoms with Gasteiger partial charge in [0.05, 0.1) is 6.61 Å². The summed E-state index contributed by atoms with van der Waals surface area (Å²) >= 11 is 0. The normalized spacial score (nSPS) is 30.5. The van der Waals surface area contributed by atoms with Gasteiger partial charge in [0.2, 0.25) is 0 Å². The van der Waals surface area contributed by atoms with E-state index in [1.165, 1.54) is 0 Å². The minimum absolute atomic E-state index is 0.0878. The highest BCUT2D eigenvalue weighted by Crippen LogP contribution is 2.54. The molecule has 1 aliphatic heterocycles. The molecule has 0 bridgehead atoms. The van der Waals surface area contributed by atoms with Crippen molar-refractivity contribution in [1.29, 1.82) is 0 Å². The van der Waals surface area contributed by atoms with Crippen LogP contribution in [0.1, 0.15) is 26.7 Å². The first-order valence-electron chi connectivity index (χ1n) is 10.8. The van der Waals surface area contributed by atoms with E-state index in [2.05, 4.69) is 0 Å². The lowest BCUT2D eigenvalue weighted by Crippen LogP contribution is -2.65. The molecule has 0 radical (unpaired) electrons. The predicted molar refractivity (Wildman–Crippen MR) is 123 cm³/mol. The van der Waals surface area contributed by atoms with Crippen LogP contribution in [0, 0.1) is 0 Å². The van der Waals surface area contributed by atoms with E-state index < -0.39 is 96.0 Å². The highest BCUT2D eigenvalue weighted by Gasteiger charge is 2.59. The first-order valence-corrected chi connectivity index (χ1v) is 16.1. The van der Waals surface area contributed by atoms with Gasteiger partial charge in [-0.25, -0.2) is 0 Å². The second kappa shape index (κ2) is 13.9. The summed E-state index contributed by atoms with van der Waals surface area (Å²) in [5.41, 5.74) is 0. The molecule has 21 heteroatoms. The van der Waals surface area contributed by atoms with Gasteiger partial charge in [-0.2, -0.15) is 0 Å². The van der Waals surface area contributed by atoms with E-state index in [4.69, 9.17) is 38.4 Å². The third-order valence-electron chi connectivity index (χ3n) is 4.69. The standard InChI is InChI=1S/C17H31O18P3/c1-3-4-5-31-6-10-14(33-36(25,26)7-11(18)19)15(34-37(27,28)8-12(20)21)16(17(2,24)32-10)35-38(29,30)9-13(22)23/h10,14-16,24H,3-9H2,1-2H3,(H,18,19)(H,20,21)(H,22,23)(H,25,26)(H,27,28)(H,29,30)/t10-,14-,15-,16+,17?/m1/s1. The maximum Gasteiger partial charge on any atom is 0.339 e. The van der Waals surface area contributed by atoms with Crippen molar-refractivity contribution < 1.29 is 86.2 Å². The number of aliphatic hydroxyl groups is 1. The number of unbranched alkanes of at least 4 members (excludes halogenated alkanes) is 1. The van der Waals surface area contributed by atoms with Crippen LogP contribution in [0.4, 0.5) is 0 Å². The quantitative estimate of drug-likeness (QED) is 0.0827. The fourth-order valence-electron chi connectivity index (χ4n) is 3.29. The molecule has 0 aliphatic carbocycles. The van der Waals surface area contributed by atoms with Gasteiger partial charge in [-0.3, -0.25) is 41.6 Å². The van der Waals surface area contributed by atoms with Crippen molar-refractivity contribution in [3.8, 4) is 0 Å². The molecule has 1 aliphatic rings. The molecule has 0 amide bonds. The van der Waals surface area contributed by atoms with E-state index in [1.54, 1.807) is 0 Å². The molecule has 1 heterocycles. The predicted octanol–water partition coefficient (Wildman–Crippen LogP) is -0.124. The van der Waals surface area contributed by atoms with Gasteiger partial charge in [-0.15, -0.1) is 0 Å². The zero-order valence-electron chi connectivity index (χ0n) is 20.2. The lowest BCUT2D eigenvalue weighted by molar-refractivity contribution is -0.331. The minimum Gasteiger partial charge on any atom is -0.481 e. The Morgan fingerprint density at radius 1 is 0.816 bits per heavy atom. The number of aliphatic carboxylic acids is 3. The summed E-state index contributed by atoms with van der Waals surface area (Å²) in [7, 11) is -15.6. The number of hydrogen-bond donors (Lipinski definition) is 7. The van der Waals surface area contributed by atoms with Gasteiger partial charge in [-0.1, -0.05) is 13.3 Å². The van der Waals surface area contributed by atoms with Gasteiger partial charge < -0.3 is 44.6 Å². The Morgan fingerprint density at radius 2 is 1.24 bits per heavy atom. The molecule has 0 aromatic heterocycles. The van der Waals surface area contributed by atoms with Gasteiger partial charge in [-0.05, 0) is 13.3 Å². The summed E-state index contributed by atoms with van der Waals surface area (Å²) in [4.78, 5) is 63.2. The van der Waals surface area contributed by atoms with Crippen LogP contribution in [0.2, 0.25) is 0 Å². The van der Waals surface area contributed by atoms with E-state index in [-0.39, 0.29) is 6.61 Å². The molecule has 0 spiro atoms. The third-order valence-corrected chi connectivity index (χ3v) is 8.40. The van der Waals surface area contributed by atoms with Crippen LogP contribution in [0.5, 0.6) is 0 Å². The fourth-order valence-corrected chi connectivity index (χ4v) is 6.45. The maximum absolute atomic E-state index is 12.5. The molecule has 8 atom stereocenters. The molecule has 0 saturated carbocycles.